The number of rotatable bonds is 15. The second-order valence-corrected chi connectivity index (χ2v) is 17.7. The molecule has 0 saturated carbocycles. The molecular formula is C55H43O5P2+. The second-order valence-electron chi connectivity index (χ2n) is 14.4. The molecule has 0 aliphatic carbocycles. The molecule has 9 rings (SSSR count). The van der Waals surface area contributed by atoms with Crippen molar-refractivity contribution in [2.75, 3.05) is 0 Å². The molecule has 7 heteroatoms. The van der Waals surface area contributed by atoms with Gasteiger partial charge in [0.1, 0.15) is 5.75 Å². The summed E-state index contributed by atoms with van der Waals surface area (Å²) in [5.41, 5.74) is 8.32. The Hall–Kier alpha value is -6.84. The molecule has 0 amide bonds. The van der Waals surface area contributed by atoms with E-state index in [2.05, 4.69) is 42.5 Å². The van der Waals surface area contributed by atoms with Gasteiger partial charge < -0.3 is 9.05 Å². The van der Waals surface area contributed by atoms with Gasteiger partial charge in [-0.15, -0.1) is 0 Å². The Morgan fingerprint density at radius 3 is 1.34 bits per heavy atom. The van der Waals surface area contributed by atoms with Gasteiger partial charge in [-0.05, 0) is 58.1 Å². The summed E-state index contributed by atoms with van der Waals surface area (Å²) in [6.45, 7) is 0.111. The minimum absolute atomic E-state index is 0.111. The van der Waals surface area contributed by atoms with Crippen molar-refractivity contribution in [1.82, 2.24) is 0 Å². The van der Waals surface area contributed by atoms with Crippen molar-refractivity contribution in [2.45, 2.75) is 6.61 Å². The van der Waals surface area contributed by atoms with Gasteiger partial charge in [0, 0.05) is 22.3 Å². The van der Waals surface area contributed by atoms with Crippen LogP contribution in [0.2, 0.25) is 0 Å². The highest BCUT2D eigenvalue weighted by Gasteiger charge is 2.50. The average Bonchev–Trinajstić information content (AvgIpc) is 3.34. The summed E-state index contributed by atoms with van der Waals surface area (Å²) in [7, 11) is -5.71. The normalized spacial score (nSPS) is 12.5. The lowest BCUT2D eigenvalue weighted by Gasteiger charge is -2.24. The monoisotopic (exact) mass is 845 g/mol. The zero-order chi connectivity index (χ0) is 42.0. The Balaban J connectivity index is 1.11. The first kappa shape index (κ1) is 40.6. The van der Waals surface area contributed by atoms with Crippen LogP contribution in [0.5, 0.6) is 17.2 Å². The molecule has 9 aromatic carbocycles. The first-order valence-corrected chi connectivity index (χ1v) is 23.2. The van der Waals surface area contributed by atoms with Crippen LogP contribution in [0.1, 0.15) is 5.56 Å². The average molecular weight is 846 g/mol. The minimum Gasteiger partial charge on any atom is -0.443 e. The Morgan fingerprint density at radius 2 is 0.742 bits per heavy atom. The topological polar surface area (TPSA) is 57.2 Å². The van der Waals surface area contributed by atoms with Crippen LogP contribution in [0, 0.1) is 0 Å². The van der Waals surface area contributed by atoms with Crippen LogP contribution < -0.4 is 24.2 Å². The van der Waals surface area contributed by atoms with Crippen LogP contribution in [0.3, 0.4) is 0 Å². The third-order valence-electron chi connectivity index (χ3n) is 10.4. The van der Waals surface area contributed by atoms with E-state index in [-0.39, 0.29) is 6.61 Å². The summed E-state index contributed by atoms with van der Waals surface area (Å²) in [6.07, 6.45) is 0. The van der Waals surface area contributed by atoms with Crippen molar-refractivity contribution in [3.63, 3.8) is 0 Å². The van der Waals surface area contributed by atoms with E-state index in [1.807, 2.05) is 200 Å². The zero-order valence-electron chi connectivity index (χ0n) is 33.8. The van der Waals surface area contributed by atoms with Crippen molar-refractivity contribution >= 4 is 26.9 Å². The smallest absolute Gasteiger partial charge is 0.443 e. The molecule has 0 aromatic heterocycles. The van der Waals surface area contributed by atoms with Crippen molar-refractivity contribution in [3.8, 4) is 61.8 Å². The third kappa shape index (κ3) is 9.23. The van der Waals surface area contributed by atoms with Crippen LogP contribution in [0.25, 0.3) is 44.5 Å². The molecule has 0 fully saturated rings. The van der Waals surface area contributed by atoms with Gasteiger partial charge in [-0.1, -0.05) is 212 Å². The van der Waals surface area contributed by atoms with Crippen LogP contribution in [0.4, 0.5) is 0 Å². The summed E-state index contributed by atoms with van der Waals surface area (Å²) in [5, 5.41) is 1.47. The quantitative estimate of drug-likeness (QED) is 0.104. The van der Waals surface area contributed by atoms with Crippen molar-refractivity contribution < 1.29 is 23.0 Å². The van der Waals surface area contributed by atoms with Crippen LogP contribution in [-0.2, 0) is 11.1 Å². The predicted molar refractivity (Wildman–Crippen MR) is 256 cm³/mol. The van der Waals surface area contributed by atoms with Crippen LogP contribution in [-0.4, -0.2) is 4.89 Å². The maximum atomic E-state index is 13.2. The van der Waals surface area contributed by atoms with Gasteiger partial charge in [-0.2, -0.15) is 4.89 Å². The van der Waals surface area contributed by atoms with Crippen molar-refractivity contribution in [3.05, 3.63) is 248 Å². The molecule has 0 bridgehead atoms. The molecule has 0 aliphatic rings. The van der Waals surface area contributed by atoms with Gasteiger partial charge in [0.15, 0.2) is 11.5 Å². The fourth-order valence-electron chi connectivity index (χ4n) is 7.34. The Labute approximate surface area is 365 Å². The van der Waals surface area contributed by atoms with Gasteiger partial charge in [0.2, 0.25) is 5.30 Å². The predicted octanol–water partition coefficient (Wildman–Crippen LogP) is 14.1. The van der Waals surface area contributed by atoms with E-state index in [1.54, 1.807) is 0 Å². The summed E-state index contributed by atoms with van der Waals surface area (Å²) in [5.74, 6) is 1.64. The molecule has 0 spiro atoms. The highest BCUT2D eigenvalue weighted by Crippen LogP contribution is 2.58. The van der Waals surface area contributed by atoms with E-state index < -0.39 is 16.3 Å². The minimum atomic E-state index is -3.97. The SMILES string of the molecule is O[P+](Oc1ccccc1COP(Oc1ccccc1-c1ccccc1)c1ccccc1-c1ccccc1)(Oc1ccccc1-c1ccccc1)c1ccccc1-c1ccccc1. The van der Waals surface area contributed by atoms with E-state index in [9.17, 15) is 4.89 Å². The van der Waals surface area contributed by atoms with E-state index >= 15 is 0 Å². The number of benzene rings is 9. The maximum Gasteiger partial charge on any atom is 0.533 e. The highest BCUT2D eigenvalue weighted by molar-refractivity contribution is 7.69. The number of hydrogen-bond donors (Lipinski definition) is 1. The second kappa shape index (κ2) is 19.3. The molecule has 0 saturated heterocycles. The van der Waals surface area contributed by atoms with Gasteiger partial charge in [0.05, 0.1) is 11.9 Å². The third-order valence-corrected chi connectivity index (χ3v) is 13.8. The fraction of sp³-hybridized carbons (Fsp3) is 0.0182. The molecule has 2 unspecified atom stereocenters. The summed E-state index contributed by atoms with van der Waals surface area (Å²) < 4.78 is 27.8. The molecule has 302 valence electrons. The molecule has 62 heavy (non-hydrogen) atoms. The van der Waals surface area contributed by atoms with Gasteiger partial charge in [0.25, 0.3) is 8.38 Å². The summed E-state index contributed by atoms with van der Waals surface area (Å²) in [6, 6.07) is 79.9. The lowest BCUT2D eigenvalue weighted by atomic mass is 10.1. The lowest BCUT2D eigenvalue weighted by Crippen LogP contribution is -2.23. The molecule has 0 aliphatic heterocycles. The summed E-state index contributed by atoms with van der Waals surface area (Å²) in [4.78, 5) is 13.2. The van der Waals surface area contributed by atoms with E-state index in [0.29, 0.717) is 28.1 Å². The Kier molecular flexibility index (Phi) is 12.6. The van der Waals surface area contributed by atoms with E-state index in [0.717, 1.165) is 49.8 Å². The van der Waals surface area contributed by atoms with E-state index in [1.165, 1.54) is 0 Å². The zero-order valence-corrected chi connectivity index (χ0v) is 35.6. The van der Waals surface area contributed by atoms with E-state index in [4.69, 9.17) is 18.1 Å². The Morgan fingerprint density at radius 1 is 0.355 bits per heavy atom. The molecule has 0 radical (unpaired) electrons. The number of para-hydroxylation sites is 3. The fourth-order valence-corrected chi connectivity index (χ4v) is 10.7. The molecular weight excluding hydrogens is 803 g/mol. The molecule has 2 atom stereocenters. The molecule has 5 nitrogen and oxygen atoms in total. The lowest BCUT2D eigenvalue weighted by molar-refractivity contribution is 0.303. The standard InChI is InChI=1S/C55H43O5P2/c56-62(55-40-22-17-35-50(55)45-29-11-4-12-30-45,60-53-38-20-15-33-48(53)43-25-7-2-8-26-43)59-51-36-18-13-31-46(51)41-57-61(54-39-21-16-34-49(54)44-27-9-3-10-28-44)58-52-37-19-14-32-47(52)42-23-5-1-6-24-42/h1-40,56H,41H2/q+1. The van der Waals surface area contributed by atoms with Crippen LogP contribution in [0.15, 0.2) is 243 Å². The van der Waals surface area contributed by atoms with Gasteiger partial charge >= 0.3 is 7.94 Å². The maximum absolute atomic E-state index is 13.2. The molecule has 1 N–H and O–H groups in total. The van der Waals surface area contributed by atoms with Crippen molar-refractivity contribution in [2.24, 2.45) is 0 Å². The van der Waals surface area contributed by atoms with Crippen LogP contribution >= 0.6 is 16.3 Å². The number of hydrogen-bond acceptors (Lipinski definition) is 5. The molecule has 0 heterocycles. The van der Waals surface area contributed by atoms with Gasteiger partial charge in [-0.3, -0.25) is 9.05 Å². The highest BCUT2D eigenvalue weighted by atomic mass is 31.2. The first-order chi connectivity index (χ1) is 30.6. The summed E-state index contributed by atoms with van der Waals surface area (Å²) >= 11 is 0. The van der Waals surface area contributed by atoms with Gasteiger partial charge in [-0.25, -0.2) is 0 Å². The molecule has 9 aromatic rings. The van der Waals surface area contributed by atoms with Crippen molar-refractivity contribution in [1.29, 1.82) is 0 Å². The largest absolute Gasteiger partial charge is 0.533 e. The Bertz CT molecular complexity index is 2860. The first-order valence-electron chi connectivity index (χ1n) is 20.4.